The molecule has 1 aromatic heterocycles. The van der Waals surface area contributed by atoms with Crippen molar-refractivity contribution in [3.05, 3.63) is 11.6 Å². The molecule has 1 aliphatic rings. The second-order valence-corrected chi connectivity index (χ2v) is 6.82. The third-order valence-corrected chi connectivity index (χ3v) is 4.46. The Balaban J connectivity index is 0.00000264. The van der Waals surface area contributed by atoms with Crippen molar-refractivity contribution in [2.75, 3.05) is 13.1 Å². The Kier molecular flexibility index (Phi) is 7.02. The van der Waals surface area contributed by atoms with E-state index in [1.165, 1.54) is 0 Å². The molecule has 1 amide bonds. The number of aromatic nitrogens is 3. The number of carbonyl (C=O) groups is 1. The van der Waals surface area contributed by atoms with Crippen molar-refractivity contribution in [2.24, 2.45) is 11.7 Å². The molecule has 0 bridgehead atoms. The first-order valence-electron chi connectivity index (χ1n) is 8.29. The summed E-state index contributed by atoms with van der Waals surface area (Å²) < 4.78 is 1.96. The maximum absolute atomic E-state index is 12.6. The number of hydrogen-bond acceptors (Lipinski definition) is 4. The van der Waals surface area contributed by atoms with E-state index in [-0.39, 0.29) is 18.3 Å². The second-order valence-electron chi connectivity index (χ2n) is 6.82. The van der Waals surface area contributed by atoms with Crippen molar-refractivity contribution in [1.29, 1.82) is 0 Å². The molecule has 0 aliphatic carbocycles. The van der Waals surface area contributed by atoms with Gasteiger partial charge in [-0.1, -0.05) is 13.3 Å². The van der Waals surface area contributed by atoms with Crippen LogP contribution >= 0.6 is 12.4 Å². The third kappa shape index (κ3) is 4.91. The standard InChI is InChI=1S/C16H29N5O.ClH/c1-5-8-16(4,17)15(22)20-9-6-7-14(10-20)11-21-13(3)18-12(2)19-21;/h14H,5-11,17H2,1-4H3;1H. The molecule has 2 heterocycles. The SMILES string of the molecule is CCCC(C)(N)C(=O)N1CCCC(Cn2nc(C)nc2C)C1.Cl. The van der Waals surface area contributed by atoms with Gasteiger partial charge in [-0.25, -0.2) is 9.67 Å². The van der Waals surface area contributed by atoms with Crippen LogP contribution in [0.2, 0.25) is 0 Å². The van der Waals surface area contributed by atoms with Crippen LogP contribution in [0, 0.1) is 19.8 Å². The molecule has 2 atom stereocenters. The molecule has 1 aliphatic heterocycles. The normalized spacial score (nSPS) is 20.7. The minimum Gasteiger partial charge on any atom is -0.341 e. The maximum Gasteiger partial charge on any atom is 0.242 e. The first kappa shape index (κ1) is 19.9. The highest BCUT2D eigenvalue weighted by Gasteiger charge is 2.34. The number of carbonyl (C=O) groups excluding carboxylic acids is 1. The highest BCUT2D eigenvalue weighted by Crippen LogP contribution is 2.22. The Morgan fingerprint density at radius 3 is 2.70 bits per heavy atom. The van der Waals surface area contributed by atoms with Crippen LogP contribution < -0.4 is 5.73 Å². The Morgan fingerprint density at radius 2 is 2.13 bits per heavy atom. The molecule has 1 aromatic rings. The lowest BCUT2D eigenvalue weighted by atomic mass is 9.92. The number of hydrogen-bond donors (Lipinski definition) is 1. The topological polar surface area (TPSA) is 77.0 Å². The summed E-state index contributed by atoms with van der Waals surface area (Å²) in [7, 11) is 0. The Bertz CT molecular complexity index is 529. The van der Waals surface area contributed by atoms with E-state index >= 15 is 0 Å². The van der Waals surface area contributed by atoms with E-state index in [2.05, 4.69) is 17.0 Å². The number of halogens is 1. The van der Waals surface area contributed by atoms with E-state index in [4.69, 9.17) is 5.73 Å². The van der Waals surface area contributed by atoms with Crippen LogP contribution in [0.15, 0.2) is 0 Å². The molecule has 23 heavy (non-hydrogen) atoms. The van der Waals surface area contributed by atoms with Gasteiger partial charge in [0.15, 0.2) is 0 Å². The van der Waals surface area contributed by atoms with Gasteiger partial charge in [-0.05, 0) is 46.0 Å². The predicted molar refractivity (Wildman–Crippen MR) is 93.5 cm³/mol. The Hall–Kier alpha value is -1.14. The van der Waals surface area contributed by atoms with Crippen molar-refractivity contribution in [2.45, 2.75) is 65.5 Å². The molecule has 132 valence electrons. The summed E-state index contributed by atoms with van der Waals surface area (Å²) in [5.41, 5.74) is 5.47. The summed E-state index contributed by atoms with van der Waals surface area (Å²) in [4.78, 5) is 18.9. The highest BCUT2D eigenvalue weighted by molar-refractivity contribution is 5.86. The summed E-state index contributed by atoms with van der Waals surface area (Å²) in [6, 6.07) is 0. The second kappa shape index (κ2) is 8.11. The molecule has 0 radical (unpaired) electrons. The van der Waals surface area contributed by atoms with E-state index in [1.54, 1.807) is 0 Å². The smallest absolute Gasteiger partial charge is 0.242 e. The van der Waals surface area contributed by atoms with E-state index in [0.29, 0.717) is 5.92 Å². The fraction of sp³-hybridized carbons (Fsp3) is 0.812. The van der Waals surface area contributed by atoms with Crippen LogP contribution in [0.4, 0.5) is 0 Å². The molecule has 2 rings (SSSR count). The summed E-state index contributed by atoms with van der Waals surface area (Å²) in [5.74, 6) is 2.26. The zero-order valence-electron chi connectivity index (χ0n) is 14.7. The lowest BCUT2D eigenvalue weighted by Gasteiger charge is -2.37. The van der Waals surface area contributed by atoms with Gasteiger partial charge < -0.3 is 10.6 Å². The predicted octanol–water partition coefficient (Wildman–Crippen LogP) is 2.07. The number of amides is 1. The summed E-state index contributed by atoms with van der Waals surface area (Å²) in [5, 5.41) is 4.43. The van der Waals surface area contributed by atoms with Crippen molar-refractivity contribution in [3.63, 3.8) is 0 Å². The number of nitrogens with two attached hydrogens (primary N) is 1. The van der Waals surface area contributed by atoms with Gasteiger partial charge in [-0.3, -0.25) is 4.79 Å². The first-order valence-corrected chi connectivity index (χ1v) is 8.29. The van der Waals surface area contributed by atoms with Crippen molar-refractivity contribution in [1.82, 2.24) is 19.7 Å². The van der Waals surface area contributed by atoms with Gasteiger partial charge in [-0.15, -0.1) is 12.4 Å². The minimum atomic E-state index is -0.740. The number of rotatable bonds is 5. The minimum absolute atomic E-state index is 0. The van der Waals surface area contributed by atoms with Gasteiger partial charge >= 0.3 is 0 Å². The maximum atomic E-state index is 12.6. The number of piperidine rings is 1. The highest BCUT2D eigenvalue weighted by atomic mass is 35.5. The molecule has 0 spiro atoms. The third-order valence-electron chi connectivity index (χ3n) is 4.46. The zero-order chi connectivity index (χ0) is 16.3. The van der Waals surface area contributed by atoms with Crippen LogP contribution in [0.1, 0.15) is 51.2 Å². The number of nitrogens with zero attached hydrogens (tertiary/aromatic N) is 4. The van der Waals surface area contributed by atoms with Gasteiger partial charge in [0.1, 0.15) is 11.6 Å². The summed E-state index contributed by atoms with van der Waals surface area (Å²) in [6.07, 6.45) is 3.81. The molecule has 7 heteroatoms. The summed E-state index contributed by atoms with van der Waals surface area (Å²) in [6.45, 7) is 10.2. The number of likely N-dealkylation sites (tertiary alicyclic amines) is 1. The molecule has 2 unspecified atom stereocenters. The molecule has 6 nitrogen and oxygen atoms in total. The largest absolute Gasteiger partial charge is 0.341 e. The van der Waals surface area contributed by atoms with E-state index in [0.717, 1.165) is 57.0 Å². The molecule has 1 fully saturated rings. The fourth-order valence-corrected chi connectivity index (χ4v) is 3.36. The average molecular weight is 344 g/mol. The van der Waals surface area contributed by atoms with Crippen LogP contribution in [0.25, 0.3) is 0 Å². The first-order chi connectivity index (χ1) is 10.3. The Labute approximate surface area is 145 Å². The Morgan fingerprint density at radius 1 is 1.43 bits per heavy atom. The van der Waals surface area contributed by atoms with Gasteiger partial charge in [0.25, 0.3) is 0 Å². The quantitative estimate of drug-likeness (QED) is 0.887. The zero-order valence-corrected chi connectivity index (χ0v) is 15.5. The van der Waals surface area contributed by atoms with Crippen molar-refractivity contribution in [3.8, 4) is 0 Å². The average Bonchev–Trinajstić information content (AvgIpc) is 2.76. The van der Waals surface area contributed by atoms with Crippen LogP contribution in [0.3, 0.4) is 0 Å². The van der Waals surface area contributed by atoms with E-state index in [9.17, 15) is 4.79 Å². The molecular formula is C16H30ClN5O. The van der Waals surface area contributed by atoms with Gasteiger partial charge in [0, 0.05) is 19.6 Å². The fourth-order valence-electron chi connectivity index (χ4n) is 3.36. The summed E-state index contributed by atoms with van der Waals surface area (Å²) >= 11 is 0. The lowest BCUT2D eigenvalue weighted by Crippen LogP contribution is -2.55. The van der Waals surface area contributed by atoms with E-state index < -0.39 is 5.54 Å². The molecule has 2 N–H and O–H groups in total. The van der Waals surface area contributed by atoms with Crippen LogP contribution in [-0.2, 0) is 11.3 Å². The molecule has 0 saturated carbocycles. The molecule has 0 aromatic carbocycles. The van der Waals surface area contributed by atoms with Gasteiger partial charge in [0.05, 0.1) is 5.54 Å². The van der Waals surface area contributed by atoms with Crippen molar-refractivity contribution >= 4 is 18.3 Å². The van der Waals surface area contributed by atoms with Gasteiger partial charge in [-0.2, -0.15) is 5.10 Å². The molecular weight excluding hydrogens is 314 g/mol. The van der Waals surface area contributed by atoms with Crippen molar-refractivity contribution < 1.29 is 4.79 Å². The van der Waals surface area contributed by atoms with Gasteiger partial charge in [0.2, 0.25) is 5.91 Å². The van der Waals surface area contributed by atoms with Crippen LogP contribution in [-0.4, -0.2) is 44.2 Å². The van der Waals surface area contributed by atoms with Crippen LogP contribution in [0.5, 0.6) is 0 Å². The number of aryl methyl sites for hydroxylation is 2. The van der Waals surface area contributed by atoms with E-state index in [1.807, 2.05) is 30.4 Å². The monoisotopic (exact) mass is 343 g/mol. The lowest BCUT2D eigenvalue weighted by molar-refractivity contribution is -0.138. The molecule has 1 saturated heterocycles.